The van der Waals surface area contributed by atoms with E-state index < -0.39 is 0 Å². The van der Waals surface area contributed by atoms with Crippen molar-refractivity contribution in [1.29, 1.82) is 0 Å². The van der Waals surface area contributed by atoms with E-state index in [2.05, 4.69) is 12.1 Å². The maximum atomic E-state index is 13.2. The van der Waals surface area contributed by atoms with E-state index in [0.29, 0.717) is 36.4 Å². The molecule has 1 aliphatic heterocycles. The Kier molecular flexibility index (Phi) is 7.36. The lowest BCUT2D eigenvalue weighted by Gasteiger charge is -2.30. The predicted octanol–water partition coefficient (Wildman–Crippen LogP) is 5.75. The number of piperidine rings is 1. The molecular weight excluding hydrogens is 414 g/mol. The van der Waals surface area contributed by atoms with Crippen LogP contribution in [0.2, 0.25) is 0 Å². The molecule has 0 aliphatic carbocycles. The molecule has 4 heteroatoms. The summed E-state index contributed by atoms with van der Waals surface area (Å²) in [7, 11) is 0. The Hall–Kier alpha value is -3.37. The van der Waals surface area contributed by atoms with E-state index in [1.807, 2.05) is 91.0 Å². The minimum absolute atomic E-state index is 0.0143. The van der Waals surface area contributed by atoms with E-state index in [1.165, 1.54) is 0 Å². The highest BCUT2D eigenvalue weighted by Gasteiger charge is 2.28. The second-order valence-corrected chi connectivity index (χ2v) is 8.82. The molecule has 160 valence electrons. The Morgan fingerprint density at radius 2 is 1.22 bits per heavy atom. The fourth-order valence-corrected chi connectivity index (χ4v) is 4.51. The number of carbonyl (C=O) groups is 2. The van der Waals surface area contributed by atoms with Gasteiger partial charge in [0.2, 0.25) is 5.91 Å². The summed E-state index contributed by atoms with van der Waals surface area (Å²) in [5, 5.41) is 0. The maximum Gasteiger partial charge on any atom is 0.224 e. The molecule has 0 spiro atoms. The monoisotopic (exact) mass is 439 g/mol. The number of carbonyl (C=O) groups excluding carboxylic acids is 2. The molecule has 0 bridgehead atoms. The SMILES string of the molecule is O=C1/C(=C/c2ccccc2)CN(C(=O)CCSc2ccccc2)C/C1=C\c1ccccc1. The van der Waals surface area contributed by atoms with Crippen LogP contribution in [-0.4, -0.2) is 35.4 Å². The molecule has 4 rings (SSSR count). The van der Waals surface area contributed by atoms with Gasteiger partial charge < -0.3 is 4.90 Å². The summed E-state index contributed by atoms with van der Waals surface area (Å²) in [6.07, 6.45) is 4.24. The topological polar surface area (TPSA) is 37.4 Å². The van der Waals surface area contributed by atoms with Crippen LogP contribution >= 0.6 is 11.8 Å². The number of thioether (sulfide) groups is 1. The van der Waals surface area contributed by atoms with E-state index >= 15 is 0 Å². The first-order valence-electron chi connectivity index (χ1n) is 10.7. The lowest BCUT2D eigenvalue weighted by Crippen LogP contribution is -2.41. The zero-order valence-corrected chi connectivity index (χ0v) is 18.6. The molecule has 0 atom stereocenters. The van der Waals surface area contributed by atoms with Gasteiger partial charge in [-0.05, 0) is 35.4 Å². The van der Waals surface area contributed by atoms with Crippen molar-refractivity contribution in [1.82, 2.24) is 4.90 Å². The molecule has 1 aliphatic rings. The molecule has 1 saturated heterocycles. The van der Waals surface area contributed by atoms with Crippen LogP contribution in [0.3, 0.4) is 0 Å². The van der Waals surface area contributed by atoms with Gasteiger partial charge in [-0.3, -0.25) is 9.59 Å². The summed E-state index contributed by atoms with van der Waals surface area (Å²) in [5.41, 5.74) is 3.22. The third-order valence-corrected chi connectivity index (χ3v) is 6.28. The van der Waals surface area contributed by atoms with Gasteiger partial charge in [0.05, 0.1) is 0 Å². The quantitative estimate of drug-likeness (QED) is 0.363. The van der Waals surface area contributed by atoms with E-state index in [9.17, 15) is 9.59 Å². The third kappa shape index (κ3) is 5.86. The largest absolute Gasteiger partial charge is 0.334 e. The number of hydrogen-bond acceptors (Lipinski definition) is 3. The Balaban J connectivity index is 1.53. The van der Waals surface area contributed by atoms with Gasteiger partial charge in [0.15, 0.2) is 5.78 Å². The van der Waals surface area contributed by atoms with E-state index in [1.54, 1.807) is 16.7 Å². The lowest BCUT2D eigenvalue weighted by atomic mass is 9.94. The highest BCUT2D eigenvalue weighted by atomic mass is 32.2. The zero-order chi connectivity index (χ0) is 22.2. The van der Waals surface area contributed by atoms with Gasteiger partial charge in [0.1, 0.15) is 0 Å². The van der Waals surface area contributed by atoms with Crippen LogP contribution in [0.15, 0.2) is 107 Å². The van der Waals surface area contributed by atoms with Gasteiger partial charge in [-0.25, -0.2) is 0 Å². The molecule has 0 N–H and O–H groups in total. The summed E-state index contributed by atoms with van der Waals surface area (Å²) in [6.45, 7) is 0.684. The highest BCUT2D eigenvalue weighted by Crippen LogP contribution is 2.24. The molecule has 3 aromatic rings. The van der Waals surface area contributed by atoms with Crippen LogP contribution in [0.25, 0.3) is 12.2 Å². The summed E-state index contributed by atoms with van der Waals surface area (Å²) < 4.78 is 0. The van der Waals surface area contributed by atoms with Crippen LogP contribution in [-0.2, 0) is 9.59 Å². The van der Waals surface area contributed by atoms with Gasteiger partial charge in [0.25, 0.3) is 0 Å². The van der Waals surface area contributed by atoms with E-state index in [4.69, 9.17) is 0 Å². The molecule has 32 heavy (non-hydrogen) atoms. The molecule has 3 aromatic carbocycles. The van der Waals surface area contributed by atoms with Crippen LogP contribution < -0.4 is 0 Å². The smallest absolute Gasteiger partial charge is 0.224 e. The molecular formula is C28H25NO2S. The van der Waals surface area contributed by atoms with Crippen molar-refractivity contribution in [2.24, 2.45) is 0 Å². The van der Waals surface area contributed by atoms with Crippen LogP contribution in [0.1, 0.15) is 17.5 Å². The number of likely N-dealkylation sites (tertiary alicyclic amines) is 1. The standard InChI is InChI=1S/C28H25NO2S/c30-27(16-17-32-26-14-8-3-9-15-26)29-20-24(18-22-10-4-1-5-11-22)28(31)25(21-29)19-23-12-6-2-7-13-23/h1-15,18-19H,16-17,20-21H2/b24-18+,25-19+. The number of amides is 1. The van der Waals surface area contributed by atoms with E-state index in [0.717, 1.165) is 16.0 Å². The average molecular weight is 440 g/mol. The number of nitrogens with zero attached hydrogens (tertiary/aromatic N) is 1. The molecule has 0 unspecified atom stereocenters. The van der Waals surface area contributed by atoms with Crippen molar-refractivity contribution in [3.05, 3.63) is 113 Å². The summed E-state index contributed by atoms with van der Waals surface area (Å²) in [6, 6.07) is 29.7. The Labute approximate surface area is 193 Å². The summed E-state index contributed by atoms with van der Waals surface area (Å²) in [5.74, 6) is 0.794. The number of benzene rings is 3. The van der Waals surface area contributed by atoms with Gasteiger partial charge in [0, 0.05) is 41.3 Å². The lowest BCUT2D eigenvalue weighted by molar-refractivity contribution is -0.130. The Morgan fingerprint density at radius 3 is 1.72 bits per heavy atom. The Bertz CT molecular complexity index is 1060. The summed E-state index contributed by atoms with van der Waals surface area (Å²) >= 11 is 1.68. The predicted molar refractivity (Wildman–Crippen MR) is 132 cm³/mol. The number of Topliss-reactive ketones (excluding diaryl/α,β-unsaturated/α-hetero) is 1. The molecule has 0 saturated carbocycles. The fraction of sp³-hybridized carbons (Fsp3) is 0.143. The zero-order valence-electron chi connectivity index (χ0n) is 17.8. The third-order valence-electron chi connectivity index (χ3n) is 5.27. The van der Waals surface area contributed by atoms with Crippen molar-refractivity contribution in [2.45, 2.75) is 11.3 Å². The van der Waals surface area contributed by atoms with Crippen molar-refractivity contribution >= 4 is 35.6 Å². The normalized spacial score (nSPS) is 16.5. The number of ketones is 1. The van der Waals surface area contributed by atoms with Gasteiger partial charge >= 0.3 is 0 Å². The number of rotatable bonds is 6. The first kappa shape index (κ1) is 21.8. The molecule has 1 amide bonds. The molecule has 1 heterocycles. The van der Waals surface area contributed by atoms with Gasteiger partial charge in [-0.2, -0.15) is 0 Å². The van der Waals surface area contributed by atoms with Crippen molar-refractivity contribution in [3.63, 3.8) is 0 Å². The second-order valence-electron chi connectivity index (χ2n) is 7.65. The van der Waals surface area contributed by atoms with Crippen molar-refractivity contribution in [2.75, 3.05) is 18.8 Å². The first-order chi connectivity index (χ1) is 15.7. The molecule has 3 nitrogen and oxygen atoms in total. The summed E-state index contributed by atoms with van der Waals surface area (Å²) in [4.78, 5) is 29.2. The molecule has 1 fully saturated rings. The van der Waals surface area contributed by atoms with Crippen LogP contribution in [0, 0.1) is 0 Å². The molecule has 0 radical (unpaired) electrons. The van der Waals surface area contributed by atoms with Crippen molar-refractivity contribution in [3.8, 4) is 0 Å². The van der Waals surface area contributed by atoms with E-state index in [-0.39, 0.29) is 11.7 Å². The maximum absolute atomic E-state index is 13.2. The fourth-order valence-electron chi connectivity index (χ4n) is 3.65. The minimum Gasteiger partial charge on any atom is -0.334 e. The Morgan fingerprint density at radius 1 is 0.750 bits per heavy atom. The van der Waals surface area contributed by atoms with Gasteiger partial charge in [-0.15, -0.1) is 11.8 Å². The highest BCUT2D eigenvalue weighted by molar-refractivity contribution is 7.99. The minimum atomic E-state index is 0.0143. The van der Waals surface area contributed by atoms with Crippen molar-refractivity contribution < 1.29 is 9.59 Å². The van der Waals surface area contributed by atoms with Gasteiger partial charge in [-0.1, -0.05) is 78.9 Å². The second kappa shape index (κ2) is 10.8. The number of hydrogen-bond donors (Lipinski definition) is 0. The molecule has 0 aromatic heterocycles. The van der Waals surface area contributed by atoms with Crippen LogP contribution in [0.4, 0.5) is 0 Å². The first-order valence-corrected chi connectivity index (χ1v) is 11.7. The average Bonchev–Trinajstić information content (AvgIpc) is 2.83. The van der Waals surface area contributed by atoms with Crippen LogP contribution in [0.5, 0.6) is 0 Å².